The molecule has 0 radical (unpaired) electrons. The minimum atomic E-state index is -0.201. The van der Waals surface area contributed by atoms with Crippen molar-refractivity contribution in [2.75, 3.05) is 18.7 Å². The molecule has 2 heterocycles. The maximum Gasteiger partial charge on any atom is 0.231 e. The lowest BCUT2D eigenvalue weighted by Gasteiger charge is -2.10. The van der Waals surface area contributed by atoms with Gasteiger partial charge in [-0.2, -0.15) is 0 Å². The van der Waals surface area contributed by atoms with Gasteiger partial charge in [-0.15, -0.1) is 0 Å². The molecular formula is C20H18N2O5. The van der Waals surface area contributed by atoms with Crippen molar-refractivity contribution in [2.24, 2.45) is 0 Å². The molecular weight excluding hydrogens is 348 g/mol. The summed E-state index contributed by atoms with van der Waals surface area (Å²) in [5, 5.41) is 6.83. The highest BCUT2D eigenvalue weighted by Gasteiger charge is 2.17. The van der Waals surface area contributed by atoms with Crippen LogP contribution in [0.15, 0.2) is 53.1 Å². The van der Waals surface area contributed by atoms with Crippen LogP contribution in [0.25, 0.3) is 11.3 Å². The summed E-state index contributed by atoms with van der Waals surface area (Å²) >= 11 is 0. The molecule has 138 valence electrons. The molecule has 1 N–H and O–H groups in total. The van der Waals surface area contributed by atoms with E-state index in [-0.39, 0.29) is 19.1 Å². The van der Waals surface area contributed by atoms with Crippen molar-refractivity contribution >= 4 is 11.6 Å². The van der Waals surface area contributed by atoms with Gasteiger partial charge >= 0.3 is 0 Å². The number of rotatable bonds is 6. The fraction of sp³-hybridized carbons (Fsp3) is 0.200. The van der Waals surface area contributed by atoms with E-state index in [2.05, 4.69) is 10.5 Å². The van der Waals surface area contributed by atoms with Crippen molar-refractivity contribution < 1.29 is 23.5 Å². The summed E-state index contributed by atoms with van der Waals surface area (Å²) in [6.45, 7) is 2.63. The van der Waals surface area contributed by atoms with Gasteiger partial charge in [0.2, 0.25) is 12.7 Å². The molecule has 0 bridgehead atoms. The first-order valence-corrected chi connectivity index (χ1v) is 8.60. The topological polar surface area (TPSA) is 82.8 Å². The highest BCUT2D eigenvalue weighted by molar-refractivity contribution is 5.93. The molecule has 0 atom stereocenters. The quantitative estimate of drug-likeness (QED) is 0.717. The van der Waals surface area contributed by atoms with Crippen LogP contribution in [0.5, 0.6) is 17.2 Å². The summed E-state index contributed by atoms with van der Waals surface area (Å²) < 4.78 is 21.6. The second kappa shape index (κ2) is 7.41. The summed E-state index contributed by atoms with van der Waals surface area (Å²) in [5.74, 6) is 2.36. The van der Waals surface area contributed by atoms with E-state index in [1.807, 2.05) is 43.3 Å². The predicted molar refractivity (Wildman–Crippen MR) is 98.0 cm³/mol. The van der Waals surface area contributed by atoms with Crippen molar-refractivity contribution in [3.05, 3.63) is 54.2 Å². The van der Waals surface area contributed by atoms with E-state index in [0.717, 1.165) is 5.56 Å². The fourth-order valence-electron chi connectivity index (χ4n) is 2.79. The van der Waals surface area contributed by atoms with Gasteiger partial charge in [-0.1, -0.05) is 17.3 Å². The van der Waals surface area contributed by atoms with Crippen molar-refractivity contribution in [3.8, 4) is 28.6 Å². The van der Waals surface area contributed by atoms with Crippen molar-refractivity contribution in [1.29, 1.82) is 0 Å². The van der Waals surface area contributed by atoms with Crippen LogP contribution in [0, 0.1) is 0 Å². The third kappa shape index (κ3) is 3.72. The number of fused-ring (bicyclic) bond motifs is 1. The Labute approximate surface area is 155 Å². The summed E-state index contributed by atoms with van der Waals surface area (Å²) in [6, 6.07) is 14.5. The van der Waals surface area contributed by atoms with E-state index in [1.165, 1.54) is 0 Å². The summed E-state index contributed by atoms with van der Waals surface area (Å²) in [5.41, 5.74) is 1.97. The van der Waals surface area contributed by atoms with Crippen LogP contribution in [0.1, 0.15) is 12.6 Å². The van der Waals surface area contributed by atoms with Gasteiger partial charge in [0.25, 0.3) is 0 Å². The molecule has 7 nitrogen and oxygen atoms in total. The number of hydrogen-bond acceptors (Lipinski definition) is 6. The summed E-state index contributed by atoms with van der Waals surface area (Å²) in [4.78, 5) is 12.4. The van der Waals surface area contributed by atoms with Crippen LogP contribution < -0.4 is 19.5 Å². The van der Waals surface area contributed by atoms with E-state index in [4.69, 9.17) is 18.7 Å². The summed E-state index contributed by atoms with van der Waals surface area (Å²) in [6.07, 6.45) is 0.0918. The zero-order valence-corrected chi connectivity index (χ0v) is 14.7. The van der Waals surface area contributed by atoms with E-state index in [1.54, 1.807) is 12.1 Å². The molecule has 2 aromatic carbocycles. The van der Waals surface area contributed by atoms with Crippen LogP contribution in [-0.2, 0) is 11.2 Å². The SMILES string of the molecule is CCOc1ccccc1NC(=O)Cc1cc(-c2ccc3c(c2)OCO3)on1. The number of aromatic nitrogens is 1. The number of amides is 1. The third-order valence-corrected chi connectivity index (χ3v) is 4.02. The first kappa shape index (κ1) is 17.0. The van der Waals surface area contributed by atoms with Crippen LogP contribution in [-0.4, -0.2) is 24.5 Å². The summed E-state index contributed by atoms with van der Waals surface area (Å²) in [7, 11) is 0. The molecule has 0 unspecified atom stereocenters. The van der Waals surface area contributed by atoms with Gasteiger partial charge in [0.1, 0.15) is 5.75 Å². The molecule has 1 amide bonds. The van der Waals surface area contributed by atoms with Crippen LogP contribution in [0.3, 0.4) is 0 Å². The molecule has 1 aliphatic heterocycles. The molecule has 27 heavy (non-hydrogen) atoms. The van der Waals surface area contributed by atoms with Gasteiger partial charge in [0.15, 0.2) is 17.3 Å². The number of ether oxygens (including phenoxy) is 3. The highest BCUT2D eigenvalue weighted by atomic mass is 16.7. The molecule has 0 fully saturated rings. The lowest BCUT2D eigenvalue weighted by Crippen LogP contribution is -2.15. The number of carbonyl (C=O) groups is 1. The van der Waals surface area contributed by atoms with Gasteiger partial charge in [-0.05, 0) is 37.3 Å². The lowest BCUT2D eigenvalue weighted by atomic mass is 10.1. The molecule has 0 saturated heterocycles. The number of hydrogen-bond donors (Lipinski definition) is 1. The van der Waals surface area contributed by atoms with E-state index in [9.17, 15) is 4.79 Å². The van der Waals surface area contributed by atoms with Crippen LogP contribution >= 0.6 is 0 Å². The maximum absolute atomic E-state index is 12.4. The normalized spacial score (nSPS) is 12.0. The molecule has 3 aromatic rings. The Balaban J connectivity index is 1.44. The Kier molecular flexibility index (Phi) is 4.65. The standard InChI is InChI=1S/C20H18N2O5/c1-2-24-16-6-4-3-5-15(16)21-20(23)11-14-10-18(27-22-14)13-7-8-17-19(9-13)26-12-25-17/h3-10H,2,11-12H2,1H3,(H,21,23). The van der Waals surface area contributed by atoms with Crippen molar-refractivity contribution in [3.63, 3.8) is 0 Å². The van der Waals surface area contributed by atoms with Crippen molar-refractivity contribution in [2.45, 2.75) is 13.3 Å². The zero-order valence-electron chi connectivity index (χ0n) is 14.7. The number of nitrogens with zero attached hydrogens (tertiary/aromatic N) is 1. The van der Waals surface area contributed by atoms with Crippen molar-refractivity contribution in [1.82, 2.24) is 5.16 Å². The maximum atomic E-state index is 12.4. The largest absolute Gasteiger partial charge is 0.492 e. The average Bonchev–Trinajstić information content (AvgIpc) is 3.32. The van der Waals surface area contributed by atoms with E-state index < -0.39 is 0 Å². The second-order valence-electron chi connectivity index (χ2n) is 5.90. The van der Waals surface area contributed by atoms with Crippen LogP contribution in [0.2, 0.25) is 0 Å². The molecule has 0 spiro atoms. The van der Waals surface area contributed by atoms with E-state index >= 15 is 0 Å². The van der Waals surface area contributed by atoms with Gasteiger partial charge in [0, 0.05) is 11.6 Å². The fourth-order valence-corrected chi connectivity index (χ4v) is 2.79. The Morgan fingerprint density at radius 2 is 2.00 bits per heavy atom. The molecule has 4 rings (SSSR count). The lowest BCUT2D eigenvalue weighted by molar-refractivity contribution is -0.115. The number of carbonyl (C=O) groups excluding carboxylic acids is 1. The van der Waals surface area contributed by atoms with Crippen LogP contribution in [0.4, 0.5) is 5.69 Å². The molecule has 1 aliphatic rings. The first-order chi connectivity index (χ1) is 13.2. The molecule has 0 aliphatic carbocycles. The van der Waals surface area contributed by atoms with E-state index in [0.29, 0.717) is 41.0 Å². The highest BCUT2D eigenvalue weighted by Crippen LogP contribution is 2.36. The Morgan fingerprint density at radius 1 is 1.15 bits per heavy atom. The number of anilines is 1. The number of nitrogens with one attached hydrogen (secondary N) is 1. The van der Waals surface area contributed by atoms with Gasteiger partial charge in [-0.25, -0.2) is 0 Å². The average molecular weight is 366 g/mol. The minimum absolute atomic E-state index is 0.0918. The monoisotopic (exact) mass is 366 g/mol. The van der Waals surface area contributed by atoms with Gasteiger partial charge in [0.05, 0.1) is 24.4 Å². The van der Waals surface area contributed by atoms with Gasteiger partial charge in [-0.3, -0.25) is 4.79 Å². The first-order valence-electron chi connectivity index (χ1n) is 8.60. The Bertz CT molecular complexity index is 967. The minimum Gasteiger partial charge on any atom is -0.492 e. The Morgan fingerprint density at radius 3 is 2.89 bits per heavy atom. The smallest absolute Gasteiger partial charge is 0.231 e. The molecule has 1 aromatic heterocycles. The molecule has 7 heteroatoms. The third-order valence-electron chi connectivity index (χ3n) is 4.02. The molecule has 0 saturated carbocycles. The predicted octanol–water partition coefficient (Wildman–Crippen LogP) is 3.65. The van der Waals surface area contributed by atoms with Gasteiger partial charge < -0.3 is 24.1 Å². The zero-order chi connectivity index (χ0) is 18.6. The number of benzene rings is 2. The second-order valence-corrected chi connectivity index (χ2v) is 5.90. The Hall–Kier alpha value is -3.48. The number of para-hydroxylation sites is 2.